The molecule has 0 amide bonds. The van der Waals surface area contributed by atoms with Crippen LogP contribution in [0, 0.1) is 6.92 Å². The van der Waals surface area contributed by atoms with E-state index in [-0.39, 0.29) is 0 Å². The molecule has 0 unspecified atom stereocenters. The molecule has 30 heavy (non-hydrogen) atoms. The van der Waals surface area contributed by atoms with Gasteiger partial charge in [-0.2, -0.15) is 0 Å². The van der Waals surface area contributed by atoms with E-state index >= 15 is 0 Å². The maximum atomic E-state index is 5.89. The normalized spacial score (nSPS) is 10.8. The van der Waals surface area contributed by atoms with Gasteiger partial charge in [0.1, 0.15) is 18.9 Å². The highest BCUT2D eigenvalue weighted by Gasteiger charge is 2.01. The van der Waals surface area contributed by atoms with Gasteiger partial charge in [-0.25, -0.2) is 9.13 Å². The summed E-state index contributed by atoms with van der Waals surface area (Å²) in [6, 6.07) is 18.3. The molecule has 3 heteroatoms. The quantitative estimate of drug-likeness (QED) is 0.185. The van der Waals surface area contributed by atoms with Gasteiger partial charge in [-0.05, 0) is 50.0 Å². The van der Waals surface area contributed by atoms with Crippen molar-refractivity contribution in [2.75, 3.05) is 0 Å². The first-order valence-electron chi connectivity index (χ1n) is 11.1. The van der Waals surface area contributed by atoms with Gasteiger partial charge in [0.15, 0.2) is 0 Å². The monoisotopic (exact) mass is 423 g/mol. The zero-order valence-corrected chi connectivity index (χ0v) is 19.3. The fourth-order valence-electron chi connectivity index (χ4n) is 3.15. The lowest BCUT2D eigenvalue weighted by molar-refractivity contribution is -0.686. The number of allylic oxidation sites excluding steroid dienone is 2. The molecule has 0 atom stereocenters. The van der Waals surface area contributed by atoms with Gasteiger partial charge in [-0.1, -0.05) is 91.9 Å². The van der Waals surface area contributed by atoms with Crippen LogP contribution in [-0.4, -0.2) is 4.57 Å². The minimum atomic E-state index is 0.796. The Kier molecular flexibility index (Phi) is 11.7. The van der Waals surface area contributed by atoms with E-state index in [0.717, 1.165) is 24.5 Å². The van der Waals surface area contributed by atoms with Crippen LogP contribution in [0.2, 0.25) is 5.02 Å². The Morgan fingerprint density at radius 1 is 0.900 bits per heavy atom. The van der Waals surface area contributed by atoms with Crippen LogP contribution in [0.1, 0.15) is 50.2 Å². The highest BCUT2D eigenvalue weighted by atomic mass is 35.5. The topological polar surface area (TPSA) is 8.81 Å². The molecule has 0 aliphatic heterocycles. The van der Waals surface area contributed by atoms with E-state index in [1.807, 2.05) is 30.3 Å². The molecule has 2 nitrogen and oxygen atoms in total. The molecule has 160 valence electrons. The summed E-state index contributed by atoms with van der Waals surface area (Å²) in [5, 5.41) is 0.796. The predicted octanol–water partition coefficient (Wildman–Crippen LogP) is 7.19. The van der Waals surface area contributed by atoms with Crippen molar-refractivity contribution in [1.29, 1.82) is 0 Å². The number of hydrogen-bond donors (Lipinski definition) is 0. The van der Waals surface area contributed by atoms with E-state index in [0.29, 0.717) is 0 Å². The summed E-state index contributed by atoms with van der Waals surface area (Å²) in [6.07, 6.45) is 18.6. The first-order valence-corrected chi connectivity index (χ1v) is 11.5. The SMILES string of the molecule is CCCCCCCn1cc[n+](C/C=C\Cc2ccc(Cl)cc2)c1.Cc1ccccc1. The number of rotatable bonds is 10. The van der Waals surface area contributed by atoms with Crippen LogP contribution in [0.25, 0.3) is 0 Å². The third kappa shape index (κ3) is 10.5. The van der Waals surface area contributed by atoms with E-state index in [1.54, 1.807) is 0 Å². The summed E-state index contributed by atoms with van der Waals surface area (Å²) in [4.78, 5) is 0. The fraction of sp³-hybridized carbons (Fsp3) is 0.370. The molecule has 0 saturated heterocycles. The molecule has 1 heterocycles. The van der Waals surface area contributed by atoms with Crippen molar-refractivity contribution in [3.63, 3.8) is 0 Å². The third-order valence-electron chi connectivity index (χ3n) is 4.96. The van der Waals surface area contributed by atoms with Crippen molar-refractivity contribution in [3.8, 4) is 0 Å². The number of benzene rings is 2. The van der Waals surface area contributed by atoms with Crippen LogP contribution in [0.5, 0.6) is 0 Å². The average molecular weight is 424 g/mol. The Hall–Kier alpha value is -2.32. The molecule has 0 N–H and O–H groups in total. The predicted molar refractivity (Wildman–Crippen MR) is 129 cm³/mol. The van der Waals surface area contributed by atoms with Gasteiger partial charge in [-0.3, -0.25) is 0 Å². The Balaban J connectivity index is 0.000000386. The maximum absolute atomic E-state index is 5.89. The van der Waals surface area contributed by atoms with Gasteiger partial charge in [0.2, 0.25) is 6.33 Å². The maximum Gasteiger partial charge on any atom is 0.244 e. The van der Waals surface area contributed by atoms with Gasteiger partial charge in [0.25, 0.3) is 0 Å². The Bertz CT molecular complexity index is 835. The van der Waals surface area contributed by atoms with Crippen LogP contribution in [0.15, 0.2) is 85.5 Å². The number of unbranched alkanes of at least 4 members (excludes halogenated alkanes) is 4. The van der Waals surface area contributed by atoms with Crippen LogP contribution in [0.3, 0.4) is 0 Å². The molecule has 0 bridgehead atoms. The van der Waals surface area contributed by atoms with Gasteiger partial charge in [0, 0.05) is 5.02 Å². The minimum Gasteiger partial charge on any atom is -0.237 e. The highest BCUT2D eigenvalue weighted by molar-refractivity contribution is 6.30. The van der Waals surface area contributed by atoms with Gasteiger partial charge >= 0.3 is 0 Å². The summed E-state index contributed by atoms with van der Waals surface area (Å²) < 4.78 is 4.52. The molecule has 1 aromatic heterocycles. The van der Waals surface area contributed by atoms with Crippen molar-refractivity contribution in [3.05, 3.63) is 102 Å². The van der Waals surface area contributed by atoms with E-state index in [1.165, 1.54) is 43.2 Å². The summed E-state index contributed by atoms with van der Waals surface area (Å²) in [5.41, 5.74) is 2.61. The molecule has 0 fully saturated rings. The van der Waals surface area contributed by atoms with E-state index in [9.17, 15) is 0 Å². The van der Waals surface area contributed by atoms with Crippen molar-refractivity contribution < 1.29 is 4.57 Å². The molecule has 0 aliphatic carbocycles. The smallest absolute Gasteiger partial charge is 0.237 e. The highest BCUT2D eigenvalue weighted by Crippen LogP contribution is 2.10. The standard InChI is InChI=1S/C20H28ClN2.C7H8/c1-2-3-4-5-7-14-22-16-17-23(18-22)15-8-6-9-19-10-12-20(21)13-11-19;1-7-5-3-2-4-6-7/h6,8,10-13,16-18H,2-5,7,9,14-15H2,1H3;2-6H,1H3/q+1;/b8-6-;. The summed E-state index contributed by atoms with van der Waals surface area (Å²) in [7, 11) is 0. The Labute approximate surface area is 187 Å². The summed E-state index contributed by atoms with van der Waals surface area (Å²) >= 11 is 5.89. The lowest BCUT2D eigenvalue weighted by Crippen LogP contribution is -2.29. The van der Waals surface area contributed by atoms with Gasteiger partial charge < -0.3 is 0 Å². The van der Waals surface area contributed by atoms with Crippen LogP contribution >= 0.6 is 11.6 Å². The molecule has 0 spiro atoms. The molecule has 3 aromatic rings. The molecule has 3 rings (SSSR count). The number of aromatic nitrogens is 2. The number of imidazole rings is 1. The van der Waals surface area contributed by atoms with Crippen molar-refractivity contribution >= 4 is 11.6 Å². The molecule has 0 radical (unpaired) electrons. The van der Waals surface area contributed by atoms with E-state index < -0.39 is 0 Å². The van der Waals surface area contributed by atoms with Gasteiger partial charge in [0.05, 0.1) is 6.54 Å². The minimum absolute atomic E-state index is 0.796. The lowest BCUT2D eigenvalue weighted by Gasteiger charge is -1.97. The third-order valence-corrected chi connectivity index (χ3v) is 5.21. The zero-order chi connectivity index (χ0) is 21.4. The largest absolute Gasteiger partial charge is 0.244 e. The molecular weight excluding hydrogens is 388 g/mol. The van der Waals surface area contributed by atoms with Crippen LogP contribution in [-0.2, 0) is 19.5 Å². The fourth-order valence-corrected chi connectivity index (χ4v) is 3.27. The lowest BCUT2D eigenvalue weighted by atomic mass is 10.1. The molecule has 0 aliphatic rings. The summed E-state index contributed by atoms with van der Waals surface area (Å²) in [5.74, 6) is 0. The first-order chi connectivity index (χ1) is 14.7. The number of nitrogens with zero attached hydrogens (tertiary/aromatic N) is 2. The van der Waals surface area contributed by atoms with E-state index in [2.05, 4.69) is 78.1 Å². The summed E-state index contributed by atoms with van der Waals surface area (Å²) in [6.45, 7) is 6.40. The Morgan fingerprint density at radius 3 is 2.30 bits per heavy atom. The zero-order valence-electron chi connectivity index (χ0n) is 18.5. The van der Waals surface area contributed by atoms with Crippen LogP contribution < -0.4 is 4.57 Å². The number of halogens is 1. The van der Waals surface area contributed by atoms with Crippen molar-refractivity contribution in [2.24, 2.45) is 0 Å². The van der Waals surface area contributed by atoms with Crippen molar-refractivity contribution in [1.82, 2.24) is 4.57 Å². The second-order valence-corrected chi connectivity index (χ2v) is 8.16. The average Bonchev–Trinajstić information content (AvgIpc) is 3.21. The van der Waals surface area contributed by atoms with Gasteiger partial charge in [-0.15, -0.1) is 0 Å². The first kappa shape index (κ1) is 24.0. The second-order valence-electron chi connectivity index (χ2n) is 7.72. The molecule has 2 aromatic carbocycles. The van der Waals surface area contributed by atoms with Crippen molar-refractivity contribution in [2.45, 2.75) is 65.5 Å². The number of hydrogen-bond acceptors (Lipinski definition) is 0. The number of aryl methyl sites for hydroxylation is 2. The van der Waals surface area contributed by atoms with Crippen LogP contribution in [0.4, 0.5) is 0 Å². The Morgan fingerprint density at radius 2 is 1.63 bits per heavy atom. The van der Waals surface area contributed by atoms with E-state index in [4.69, 9.17) is 11.6 Å². The molecular formula is C27H36ClN2+. The second kappa shape index (κ2) is 14.6. The molecule has 0 saturated carbocycles.